The molecule has 2 unspecified atom stereocenters. The Morgan fingerprint density at radius 2 is 1.40 bits per heavy atom. The molecule has 0 aromatic rings. The topological polar surface area (TPSA) is 74.6 Å². The Balaban J connectivity index is 3.61. The minimum atomic E-state index is -4.02. The Kier molecular flexibility index (Phi) is 11.4. The number of hydrogen-bond donors (Lipinski definition) is 2. The van der Waals surface area contributed by atoms with Crippen LogP contribution in [0.15, 0.2) is 0 Å². The van der Waals surface area contributed by atoms with Crippen molar-refractivity contribution < 1.29 is 18.1 Å². The van der Waals surface area contributed by atoms with E-state index >= 15 is 0 Å². The Morgan fingerprint density at radius 1 is 0.900 bits per heavy atom. The Morgan fingerprint density at radius 3 is 1.85 bits per heavy atom. The molecule has 0 aliphatic heterocycles. The molecule has 2 atom stereocenters. The van der Waals surface area contributed by atoms with Crippen LogP contribution in [-0.4, -0.2) is 29.4 Å². The maximum Gasteiger partial charge on any atom is 0.267 e. The van der Waals surface area contributed by atoms with Gasteiger partial charge in [-0.15, -0.1) is 0 Å². The van der Waals surface area contributed by atoms with Gasteiger partial charge in [0.15, 0.2) is 0 Å². The maximum absolute atomic E-state index is 11.0. The van der Waals surface area contributed by atoms with Gasteiger partial charge < -0.3 is 5.11 Å². The monoisotopic (exact) mass is 308 g/mol. The van der Waals surface area contributed by atoms with Gasteiger partial charge in [0.1, 0.15) is 0 Å². The second-order valence-electron chi connectivity index (χ2n) is 5.70. The van der Waals surface area contributed by atoms with Crippen LogP contribution < -0.4 is 0 Å². The Labute approximate surface area is 124 Å². The van der Waals surface area contributed by atoms with Crippen LogP contribution in [0.2, 0.25) is 0 Å². The molecule has 0 amide bonds. The summed E-state index contributed by atoms with van der Waals surface area (Å²) in [7, 11) is -4.02. The molecule has 0 fully saturated rings. The Hall–Kier alpha value is -0.130. The highest BCUT2D eigenvalue weighted by atomic mass is 32.2. The van der Waals surface area contributed by atoms with Gasteiger partial charge in [-0.1, -0.05) is 65.2 Å². The van der Waals surface area contributed by atoms with Crippen LogP contribution in [0.5, 0.6) is 0 Å². The quantitative estimate of drug-likeness (QED) is 0.399. The summed E-state index contributed by atoms with van der Waals surface area (Å²) in [6.07, 6.45) is 10.1. The number of aliphatic hydroxyl groups is 1. The van der Waals surface area contributed by atoms with E-state index in [9.17, 15) is 13.5 Å². The van der Waals surface area contributed by atoms with Gasteiger partial charge in [0.25, 0.3) is 10.1 Å². The third-order valence-electron chi connectivity index (χ3n) is 3.80. The smallest absolute Gasteiger partial charge is 0.267 e. The first-order valence-electron chi connectivity index (χ1n) is 8.06. The molecule has 0 bridgehead atoms. The molecule has 0 aromatic carbocycles. The van der Waals surface area contributed by atoms with Gasteiger partial charge in [0.2, 0.25) is 0 Å². The Bertz CT molecular complexity index is 314. The molecule has 4 nitrogen and oxygen atoms in total. The van der Waals surface area contributed by atoms with Crippen molar-refractivity contribution in [3.63, 3.8) is 0 Å². The molecule has 2 N–H and O–H groups in total. The summed E-state index contributed by atoms with van der Waals surface area (Å²) in [4.78, 5) is 0. The molecule has 0 heterocycles. The first kappa shape index (κ1) is 19.9. The van der Waals surface area contributed by atoms with E-state index in [0.29, 0.717) is 12.8 Å². The summed E-state index contributed by atoms with van der Waals surface area (Å²) in [5.41, 5.74) is 0. The first-order valence-corrected chi connectivity index (χ1v) is 9.56. The van der Waals surface area contributed by atoms with Crippen LogP contribution >= 0.6 is 0 Å². The fourth-order valence-electron chi connectivity index (χ4n) is 2.43. The predicted octanol–water partition coefficient (Wildman–Crippen LogP) is 3.93. The molecule has 0 spiro atoms. The van der Waals surface area contributed by atoms with Gasteiger partial charge in [-0.2, -0.15) is 8.42 Å². The van der Waals surface area contributed by atoms with Crippen LogP contribution in [0.1, 0.15) is 84.5 Å². The molecule has 5 heteroatoms. The molecule has 0 aliphatic carbocycles. The predicted molar refractivity (Wildman–Crippen MR) is 83.5 cm³/mol. The van der Waals surface area contributed by atoms with Crippen molar-refractivity contribution in [3.05, 3.63) is 0 Å². The van der Waals surface area contributed by atoms with Crippen molar-refractivity contribution in [2.45, 2.75) is 95.8 Å². The lowest BCUT2D eigenvalue weighted by Gasteiger charge is -2.16. The van der Waals surface area contributed by atoms with Crippen LogP contribution in [0.4, 0.5) is 0 Å². The summed E-state index contributed by atoms with van der Waals surface area (Å²) in [6, 6.07) is 0. The van der Waals surface area contributed by atoms with E-state index in [2.05, 4.69) is 6.92 Å². The molecule has 20 heavy (non-hydrogen) atoms. The summed E-state index contributed by atoms with van der Waals surface area (Å²) < 4.78 is 31.1. The van der Waals surface area contributed by atoms with Crippen LogP contribution in [0, 0.1) is 0 Å². The maximum atomic E-state index is 11.0. The van der Waals surface area contributed by atoms with Gasteiger partial charge in [-0.05, 0) is 19.3 Å². The lowest BCUT2D eigenvalue weighted by Crippen LogP contribution is -2.25. The zero-order valence-electron chi connectivity index (χ0n) is 13.1. The normalized spacial score (nSPS) is 15.2. The summed E-state index contributed by atoms with van der Waals surface area (Å²) in [5.74, 6) is 0. The average molecular weight is 308 g/mol. The average Bonchev–Trinajstić information content (AvgIpc) is 2.37. The molecular weight excluding hydrogens is 276 g/mol. The fraction of sp³-hybridized carbons (Fsp3) is 1.00. The second kappa shape index (κ2) is 11.5. The van der Waals surface area contributed by atoms with E-state index in [1.807, 2.05) is 0 Å². The lowest BCUT2D eigenvalue weighted by atomic mass is 10.0. The van der Waals surface area contributed by atoms with Gasteiger partial charge in [-0.3, -0.25) is 4.55 Å². The summed E-state index contributed by atoms with van der Waals surface area (Å²) in [5, 5.41) is 8.98. The van der Waals surface area contributed by atoms with Crippen molar-refractivity contribution in [1.29, 1.82) is 0 Å². The highest BCUT2D eigenvalue weighted by Crippen LogP contribution is 2.16. The number of hydrogen-bond acceptors (Lipinski definition) is 3. The van der Waals surface area contributed by atoms with E-state index in [0.717, 1.165) is 12.8 Å². The standard InChI is InChI=1S/C15H32O4S/c1-3-5-6-7-8-9-10-11-12-14(16)13-15(4-2)20(17,18)19/h14-16H,3-13H2,1-2H3,(H,17,18,19). The molecule has 0 saturated heterocycles. The zero-order valence-corrected chi connectivity index (χ0v) is 13.9. The molecule has 0 aliphatic rings. The molecule has 122 valence electrons. The molecule has 0 rings (SSSR count). The fourth-order valence-corrected chi connectivity index (χ4v) is 3.32. The minimum Gasteiger partial charge on any atom is -0.393 e. The van der Waals surface area contributed by atoms with Crippen LogP contribution in [0.25, 0.3) is 0 Å². The SMILES string of the molecule is CCCCCCCCCCC(O)CC(CC)S(=O)(=O)O. The summed E-state index contributed by atoms with van der Waals surface area (Å²) >= 11 is 0. The number of aliphatic hydroxyl groups excluding tert-OH is 1. The van der Waals surface area contributed by atoms with Gasteiger partial charge in [-0.25, -0.2) is 0 Å². The largest absolute Gasteiger partial charge is 0.393 e. The van der Waals surface area contributed by atoms with E-state index in [-0.39, 0.29) is 6.42 Å². The highest BCUT2D eigenvalue weighted by molar-refractivity contribution is 7.86. The van der Waals surface area contributed by atoms with Crippen molar-refractivity contribution in [2.75, 3.05) is 0 Å². The molecular formula is C15H32O4S. The molecule has 0 radical (unpaired) electrons. The van der Waals surface area contributed by atoms with E-state index < -0.39 is 21.5 Å². The summed E-state index contributed by atoms with van der Waals surface area (Å²) in [6.45, 7) is 3.92. The second-order valence-corrected chi connectivity index (χ2v) is 7.39. The minimum absolute atomic E-state index is 0.145. The first-order chi connectivity index (χ1) is 9.41. The number of unbranched alkanes of at least 4 members (excludes halogenated alkanes) is 7. The zero-order chi connectivity index (χ0) is 15.4. The van der Waals surface area contributed by atoms with E-state index in [4.69, 9.17) is 4.55 Å². The van der Waals surface area contributed by atoms with Crippen molar-refractivity contribution in [1.82, 2.24) is 0 Å². The third-order valence-corrected chi connectivity index (χ3v) is 5.17. The van der Waals surface area contributed by atoms with Crippen LogP contribution in [-0.2, 0) is 10.1 Å². The van der Waals surface area contributed by atoms with Crippen LogP contribution in [0.3, 0.4) is 0 Å². The van der Waals surface area contributed by atoms with E-state index in [1.54, 1.807) is 6.92 Å². The highest BCUT2D eigenvalue weighted by Gasteiger charge is 2.23. The molecule has 0 saturated carbocycles. The lowest BCUT2D eigenvalue weighted by molar-refractivity contribution is 0.147. The third kappa shape index (κ3) is 10.6. The number of rotatable bonds is 13. The van der Waals surface area contributed by atoms with Gasteiger partial charge in [0, 0.05) is 0 Å². The van der Waals surface area contributed by atoms with Gasteiger partial charge >= 0.3 is 0 Å². The van der Waals surface area contributed by atoms with Gasteiger partial charge in [0.05, 0.1) is 11.4 Å². The van der Waals surface area contributed by atoms with Crippen molar-refractivity contribution in [2.24, 2.45) is 0 Å². The van der Waals surface area contributed by atoms with Crippen molar-refractivity contribution >= 4 is 10.1 Å². The van der Waals surface area contributed by atoms with E-state index in [1.165, 1.54) is 38.5 Å². The van der Waals surface area contributed by atoms with Crippen molar-refractivity contribution in [3.8, 4) is 0 Å². The molecule has 0 aromatic heterocycles.